The lowest BCUT2D eigenvalue weighted by molar-refractivity contribution is -0.123. The summed E-state index contributed by atoms with van der Waals surface area (Å²) < 4.78 is 5.52. The van der Waals surface area contributed by atoms with Crippen molar-refractivity contribution in [3.63, 3.8) is 0 Å². The van der Waals surface area contributed by atoms with Gasteiger partial charge in [-0.3, -0.25) is 9.59 Å². The van der Waals surface area contributed by atoms with Crippen LogP contribution in [0, 0.1) is 27.7 Å². The van der Waals surface area contributed by atoms with Crippen molar-refractivity contribution < 1.29 is 19.4 Å². The van der Waals surface area contributed by atoms with Crippen LogP contribution in [0.2, 0.25) is 0 Å². The first-order valence-electron chi connectivity index (χ1n) is 12.1. The summed E-state index contributed by atoms with van der Waals surface area (Å²) in [6.45, 7) is 9.85. The van der Waals surface area contributed by atoms with Crippen LogP contribution in [0.25, 0.3) is 0 Å². The van der Waals surface area contributed by atoms with Crippen molar-refractivity contribution in [1.29, 1.82) is 0 Å². The maximum Gasteiger partial charge on any atom is 0.258 e. The summed E-state index contributed by atoms with van der Waals surface area (Å²) in [4.78, 5) is 22.4. The minimum Gasteiger partial charge on any atom is -0.483 e. The van der Waals surface area contributed by atoms with E-state index < -0.39 is 6.10 Å². The highest BCUT2D eigenvalue weighted by Crippen LogP contribution is 2.21. The summed E-state index contributed by atoms with van der Waals surface area (Å²) in [5, 5.41) is 14.9. The number of nitrogens with one attached hydrogen (secondary N) is 2. The molecule has 3 N–H and O–H groups in total. The van der Waals surface area contributed by atoms with Gasteiger partial charge in [0.15, 0.2) is 6.61 Å². The summed E-state index contributed by atoms with van der Waals surface area (Å²) in [6, 6.07) is 26.3. The lowest BCUT2D eigenvalue weighted by atomic mass is 10.1. The number of ether oxygens (including phenoxy) is 1. The van der Waals surface area contributed by atoms with Gasteiger partial charge in [-0.2, -0.15) is 0 Å². The summed E-state index contributed by atoms with van der Waals surface area (Å²) >= 11 is 0. The Hall–Kier alpha value is -3.64. The molecule has 3 aromatic carbocycles. The number of carbonyl (C=O) groups excluding carboxylic acids is 2. The van der Waals surface area contributed by atoms with Gasteiger partial charge in [-0.15, -0.1) is 0 Å². The van der Waals surface area contributed by atoms with Crippen molar-refractivity contribution in [2.75, 3.05) is 19.7 Å². The Kier molecular flexibility index (Phi) is 15.0. The smallest absolute Gasteiger partial charge is 0.258 e. The van der Waals surface area contributed by atoms with Crippen molar-refractivity contribution in [2.45, 2.75) is 47.1 Å². The molecule has 6 heteroatoms. The minimum atomic E-state index is -0.698. The van der Waals surface area contributed by atoms with E-state index >= 15 is 0 Å². The second-order valence-corrected chi connectivity index (χ2v) is 8.55. The van der Waals surface area contributed by atoms with E-state index in [1.807, 2.05) is 68.4 Å². The third kappa shape index (κ3) is 14.6. The van der Waals surface area contributed by atoms with E-state index in [1.165, 1.54) is 18.1 Å². The van der Waals surface area contributed by atoms with Crippen LogP contribution in [0.4, 0.5) is 0 Å². The second-order valence-electron chi connectivity index (χ2n) is 8.55. The molecular formula is C30H40N2O4. The molecule has 0 aromatic heterocycles. The van der Waals surface area contributed by atoms with E-state index in [0.717, 1.165) is 11.1 Å². The van der Waals surface area contributed by atoms with Gasteiger partial charge >= 0.3 is 0 Å². The number of hydrogen-bond donors (Lipinski definition) is 3. The molecule has 0 aliphatic heterocycles. The van der Waals surface area contributed by atoms with E-state index in [4.69, 9.17) is 4.74 Å². The molecule has 0 heterocycles. The Morgan fingerprint density at radius 3 is 1.69 bits per heavy atom. The zero-order chi connectivity index (χ0) is 26.8. The quantitative estimate of drug-likeness (QED) is 0.426. The van der Waals surface area contributed by atoms with Crippen LogP contribution in [0.15, 0.2) is 78.9 Å². The van der Waals surface area contributed by atoms with Crippen LogP contribution in [0.5, 0.6) is 5.75 Å². The first-order chi connectivity index (χ1) is 17.2. The molecule has 6 nitrogen and oxygen atoms in total. The van der Waals surface area contributed by atoms with Gasteiger partial charge in [0.25, 0.3) is 5.91 Å². The molecule has 0 bridgehead atoms. The Labute approximate surface area is 215 Å². The minimum absolute atomic E-state index is 0.0931. The number of carbonyl (C=O) groups is 2. The molecule has 0 radical (unpaired) electrons. The summed E-state index contributed by atoms with van der Waals surface area (Å²) in [5.74, 6) is 0.281. The molecule has 36 heavy (non-hydrogen) atoms. The number of para-hydroxylation sites is 1. The molecule has 1 atom stereocenters. The Bertz CT molecular complexity index is 966. The molecule has 1 unspecified atom stereocenters. The average molecular weight is 493 g/mol. The summed E-state index contributed by atoms with van der Waals surface area (Å²) in [6.07, 6.45) is -0.312. The van der Waals surface area contributed by atoms with Gasteiger partial charge in [-0.1, -0.05) is 90.0 Å². The van der Waals surface area contributed by atoms with Gasteiger partial charge in [0.1, 0.15) is 5.75 Å². The zero-order valence-corrected chi connectivity index (χ0v) is 22.1. The van der Waals surface area contributed by atoms with Gasteiger partial charge in [0, 0.05) is 20.0 Å². The van der Waals surface area contributed by atoms with Crippen molar-refractivity contribution >= 4 is 11.8 Å². The molecule has 0 aliphatic carbocycles. The van der Waals surface area contributed by atoms with Gasteiger partial charge in [0.2, 0.25) is 5.91 Å². The largest absolute Gasteiger partial charge is 0.483 e. The monoisotopic (exact) mass is 492 g/mol. The van der Waals surface area contributed by atoms with Crippen LogP contribution in [0.1, 0.15) is 35.6 Å². The molecule has 3 rings (SSSR count). The molecule has 2 amide bonds. The Balaban J connectivity index is 0.000000370. The first kappa shape index (κ1) is 30.4. The first-order valence-corrected chi connectivity index (χ1v) is 12.1. The number of amides is 2. The number of benzene rings is 3. The highest BCUT2D eigenvalue weighted by molar-refractivity contribution is 5.77. The van der Waals surface area contributed by atoms with Crippen molar-refractivity contribution in [3.05, 3.63) is 101 Å². The molecule has 0 aliphatic rings. The lowest BCUT2D eigenvalue weighted by Gasteiger charge is -2.14. The van der Waals surface area contributed by atoms with Crippen LogP contribution in [-0.4, -0.2) is 42.7 Å². The van der Waals surface area contributed by atoms with E-state index in [0.29, 0.717) is 18.7 Å². The fraction of sp³-hybridized carbons (Fsp3) is 0.333. The zero-order valence-electron chi connectivity index (χ0n) is 22.1. The molecule has 0 fully saturated rings. The second kappa shape index (κ2) is 17.7. The van der Waals surface area contributed by atoms with Crippen LogP contribution < -0.4 is 15.4 Å². The predicted molar refractivity (Wildman–Crippen MR) is 146 cm³/mol. The van der Waals surface area contributed by atoms with Crippen LogP contribution >= 0.6 is 0 Å². The van der Waals surface area contributed by atoms with Crippen molar-refractivity contribution in [2.24, 2.45) is 0 Å². The fourth-order valence-corrected chi connectivity index (χ4v) is 3.03. The maximum absolute atomic E-state index is 11.7. The van der Waals surface area contributed by atoms with Crippen LogP contribution in [0.3, 0.4) is 0 Å². The number of rotatable bonds is 8. The van der Waals surface area contributed by atoms with Gasteiger partial charge in [-0.05, 0) is 45.2 Å². The SMILES string of the molecule is CC(=O)NCCC(O)CNC(=O)COc1c(C)cccc1C.Cc1ccccc1.Cc1ccccc1. The number of hydrogen-bond acceptors (Lipinski definition) is 4. The maximum atomic E-state index is 11.7. The normalized spacial score (nSPS) is 10.5. The fourth-order valence-electron chi connectivity index (χ4n) is 3.03. The lowest BCUT2D eigenvalue weighted by Crippen LogP contribution is -2.37. The topological polar surface area (TPSA) is 87.7 Å². The molecule has 0 saturated carbocycles. The van der Waals surface area contributed by atoms with Crippen molar-refractivity contribution in [3.8, 4) is 5.75 Å². The highest BCUT2D eigenvalue weighted by Gasteiger charge is 2.09. The number of aliphatic hydroxyl groups excluding tert-OH is 1. The molecule has 194 valence electrons. The summed E-state index contributed by atoms with van der Waals surface area (Å²) in [5.41, 5.74) is 4.59. The van der Waals surface area contributed by atoms with Gasteiger partial charge in [0.05, 0.1) is 6.10 Å². The predicted octanol–water partition coefficient (Wildman–Crippen LogP) is 4.68. The number of aryl methyl sites for hydroxylation is 4. The Morgan fingerprint density at radius 1 is 0.778 bits per heavy atom. The third-order valence-electron chi connectivity index (χ3n) is 5.02. The molecule has 0 spiro atoms. The Morgan fingerprint density at radius 2 is 1.28 bits per heavy atom. The van der Waals surface area contributed by atoms with Gasteiger partial charge in [-0.25, -0.2) is 0 Å². The van der Waals surface area contributed by atoms with Crippen molar-refractivity contribution in [1.82, 2.24) is 10.6 Å². The average Bonchev–Trinajstić information content (AvgIpc) is 2.84. The third-order valence-corrected chi connectivity index (χ3v) is 5.02. The van der Waals surface area contributed by atoms with Crippen LogP contribution in [-0.2, 0) is 9.59 Å². The molecule has 3 aromatic rings. The van der Waals surface area contributed by atoms with E-state index in [1.54, 1.807) is 0 Å². The number of aliphatic hydroxyl groups is 1. The highest BCUT2D eigenvalue weighted by atomic mass is 16.5. The molecular weight excluding hydrogens is 452 g/mol. The van der Waals surface area contributed by atoms with E-state index in [9.17, 15) is 14.7 Å². The van der Waals surface area contributed by atoms with Gasteiger partial charge < -0.3 is 20.5 Å². The van der Waals surface area contributed by atoms with E-state index in [2.05, 4.69) is 48.7 Å². The standard InChI is InChI=1S/C16H24N2O4.2C7H8/c1-11-5-4-6-12(2)16(11)22-10-15(21)18-9-14(20)7-8-17-13(3)19;2*1-7-5-3-2-4-6-7/h4-6,14,20H,7-10H2,1-3H3,(H,17,19)(H,18,21);2*2-6H,1H3. The molecule has 0 saturated heterocycles. The summed E-state index contributed by atoms with van der Waals surface area (Å²) in [7, 11) is 0. The van der Waals surface area contributed by atoms with E-state index in [-0.39, 0.29) is 25.0 Å².